The maximum Gasteiger partial charge on any atom is 0.253 e. The third kappa shape index (κ3) is 6.24. The highest BCUT2D eigenvalue weighted by atomic mass is 35.5. The molecule has 0 radical (unpaired) electrons. The molecule has 1 atom stereocenters. The van der Waals surface area contributed by atoms with E-state index < -0.39 is 11.9 Å². The van der Waals surface area contributed by atoms with Crippen molar-refractivity contribution in [3.8, 4) is 0 Å². The Balaban J connectivity index is 1.70. The Morgan fingerprint density at radius 2 is 1.84 bits per heavy atom. The summed E-state index contributed by atoms with van der Waals surface area (Å²) in [4.78, 5) is 40.1. The van der Waals surface area contributed by atoms with E-state index in [0.717, 1.165) is 25.9 Å². The number of nitrogens with zero attached hydrogens (tertiary/aromatic N) is 1. The fourth-order valence-corrected chi connectivity index (χ4v) is 4.14. The quantitative estimate of drug-likeness (QED) is 0.623. The lowest BCUT2D eigenvalue weighted by molar-refractivity contribution is -0.118. The lowest BCUT2D eigenvalue weighted by atomic mass is 10.1. The number of benzene rings is 2. The highest BCUT2D eigenvalue weighted by Crippen LogP contribution is 2.18. The predicted molar refractivity (Wildman–Crippen MR) is 126 cm³/mol. The zero-order valence-corrected chi connectivity index (χ0v) is 19.0. The largest absolute Gasteiger partial charge is 0.340 e. The van der Waals surface area contributed by atoms with Crippen LogP contribution >= 0.6 is 23.4 Å². The SMILES string of the molecule is CSCCC(NC(=O)c1ccccc1Cl)C(=O)Nc1cccc(C(=O)N2CCCC2)c1. The second-order valence-corrected chi connectivity index (χ2v) is 8.75. The van der Waals surface area contributed by atoms with Crippen molar-refractivity contribution < 1.29 is 14.4 Å². The van der Waals surface area contributed by atoms with Gasteiger partial charge in [-0.25, -0.2) is 0 Å². The number of rotatable bonds is 8. The van der Waals surface area contributed by atoms with Gasteiger partial charge in [0.1, 0.15) is 6.04 Å². The molecule has 2 N–H and O–H groups in total. The first-order valence-corrected chi connectivity index (χ1v) is 12.0. The number of hydrogen-bond donors (Lipinski definition) is 2. The molecule has 6 nitrogen and oxygen atoms in total. The number of hydrogen-bond acceptors (Lipinski definition) is 4. The number of amides is 3. The summed E-state index contributed by atoms with van der Waals surface area (Å²) in [5.74, 6) is -0.0569. The van der Waals surface area contributed by atoms with Gasteiger partial charge in [0.2, 0.25) is 5.91 Å². The van der Waals surface area contributed by atoms with Crippen LogP contribution in [0.15, 0.2) is 48.5 Å². The van der Waals surface area contributed by atoms with E-state index in [1.54, 1.807) is 60.3 Å². The highest BCUT2D eigenvalue weighted by Gasteiger charge is 2.23. The van der Waals surface area contributed by atoms with Gasteiger partial charge in [0.25, 0.3) is 11.8 Å². The summed E-state index contributed by atoms with van der Waals surface area (Å²) >= 11 is 7.71. The Morgan fingerprint density at radius 1 is 1.10 bits per heavy atom. The molecule has 164 valence electrons. The van der Waals surface area contributed by atoms with Crippen LogP contribution in [0.4, 0.5) is 5.69 Å². The minimum atomic E-state index is -0.728. The average Bonchev–Trinajstić information content (AvgIpc) is 3.31. The molecule has 8 heteroatoms. The molecule has 1 heterocycles. The third-order valence-electron chi connectivity index (χ3n) is 5.12. The Hall–Kier alpha value is -2.51. The van der Waals surface area contributed by atoms with Gasteiger partial charge < -0.3 is 15.5 Å². The standard InChI is InChI=1S/C23H26ClN3O3S/c1-31-14-11-20(26-21(28)18-9-2-3-10-19(18)24)22(29)25-17-8-6-7-16(15-17)23(30)27-12-4-5-13-27/h2-3,6-10,15,20H,4-5,11-14H2,1H3,(H,25,29)(H,26,28). The zero-order chi connectivity index (χ0) is 22.2. The Bertz CT molecular complexity index is 947. The molecule has 1 unspecified atom stereocenters. The first-order valence-electron chi connectivity index (χ1n) is 10.2. The molecule has 0 bridgehead atoms. The van der Waals surface area contributed by atoms with Crippen LogP contribution in [0.2, 0.25) is 5.02 Å². The van der Waals surface area contributed by atoms with Crippen molar-refractivity contribution in [2.24, 2.45) is 0 Å². The number of anilines is 1. The van der Waals surface area contributed by atoms with Crippen molar-refractivity contribution in [3.05, 3.63) is 64.7 Å². The van der Waals surface area contributed by atoms with Gasteiger partial charge in [-0.1, -0.05) is 29.8 Å². The Morgan fingerprint density at radius 3 is 2.55 bits per heavy atom. The zero-order valence-electron chi connectivity index (χ0n) is 17.4. The van der Waals surface area contributed by atoms with Gasteiger partial charge in [-0.2, -0.15) is 11.8 Å². The van der Waals surface area contributed by atoms with Gasteiger partial charge in [0.15, 0.2) is 0 Å². The number of thioether (sulfide) groups is 1. The molecular formula is C23H26ClN3O3S. The minimum Gasteiger partial charge on any atom is -0.340 e. The fraction of sp³-hybridized carbons (Fsp3) is 0.348. The lowest BCUT2D eigenvalue weighted by Crippen LogP contribution is -2.44. The molecule has 1 aliphatic rings. The number of carbonyl (C=O) groups is 3. The monoisotopic (exact) mass is 459 g/mol. The number of halogens is 1. The van der Waals surface area contributed by atoms with E-state index in [9.17, 15) is 14.4 Å². The topological polar surface area (TPSA) is 78.5 Å². The van der Waals surface area contributed by atoms with Gasteiger partial charge in [0, 0.05) is 24.3 Å². The van der Waals surface area contributed by atoms with Crippen molar-refractivity contribution in [3.63, 3.8) is 0 Å². The molecule has 1 aliphatic heterocycles. The van der Waals surface area contributed by atoms with E-state index in [1.807, 2.05) is 11.2 Å². The van der Waals surface area contributed by atoms with Gasteiger partial charge >= 0.3 is 0 Å². The molecule has 1 saturated heterocycles. The molecule has 31 heavy (non-hydrogen) atoms. The van der Waals surface area contributed by atoms with E-state index in [0.29, 0.717) is 34.0 Å². The Kier molecular flexibility index (Phi) is 8.37. The first kappa shape index (κ1) is 23.2. The lowest BCUT2D eigenvalue weighted by Gasteiger charge is -2.19. The van der Waals surface area contributed by atoms with Crippen LogP contribution in [0.1, 0.15) is 40.0 Å². The molecular weight excluding hydrogens is 434 g/mol. The summed E-state index contributed by atoms with van der Waals surface area (Å²) in [6, 6.07) is 12.9. The van der Waals surface area contributed by atoms with E-state index in [1.165, 1.54) is 0 Å². The van der Waals surface area contributed by atoms with Crippen molar-refractivity contribution in [1.82, 2.24) is 10.2 Å². The smallest absolute Gasteiger partial charge is 0.253 e. The molecule has 2 aromatic rings. The second kappa shape index (κ2) is 11.2. The molecule has 3 rings (SSSR count). The van der Waals surface area contributed by atoms with Gasteiger partial charge in [-0.3, -0.25) is 14.4 Å². The van der Waals surface area contributed by atoms with E-state index in [-0.39, 0.29) is 11.8 Å². The summed E-state index contributed by atoms with van der Waals surface area (Å²) in [7, 11) is 0. The highest BCUT2D eigenvalue weighted by molar-refractivity contribution is 7.98. The Labute approximate surface area is 191 Å². The van der Waals surface area contributed by atoms with Gasteiger partial charge in [-0.15, -0.1) is 0 Å². The summed E-state index contributed by atoms with van der Waals surface area (Å²) in [5, 5.41) is 5.96. The van der Waals surface area contributed by atoms with Crippen molar-refractivity contribution >= 4 is 46.8 Å². The second-order valence-electron chi connectivity index (χ2n) is 7.36. The van der Waals surface area contributed by atoms with Crippen LogP contribution in [0.5, 0.6) is 0 Å². The maximum absolute atomic E-state index is 12.9. The van der Waals surface area contributed by atoms with Crippen LogP contribution in [-0.2, 0) is 4.79 Å². The average molecular weight is 460 g/mol. The summed E-state index contributed by atoms with van der Waals surface area (Å²) in [6.45, 7) is 1.53. The van der Waals surface area contributed by atoms with Crippen molar-refractivity contribution in [2.75, 3.05) is 30.4 Å². The normalized spacial score (nSPS) is 14.2. The van der Waals surface area contributed by atoms with Crippen LogP contribution in [0, 0.1) is 0 Å². The van der Waals surface area contributed by atoms with Crippen molar-refractivity contribution in [2.45, 2.75) is 25.3 Å². The van der Waals surface area contributed by atoms with E-state index >= 15 is 0 Å². The number of likely N-dealkylation sites (tertiary alicyclic amines) is 1. The van der Waals surface area contributed by atoms with Gasteiger partial charge in [-0.05, 0) is 61.6 Å². The van der Waals surface area contributed by atoms with E-state index in [4.69, 9.17) is 11.6 Å². The molecule has 2 aromatic carbocycles. The third-order valence-corrected chi connectivity index (χ3v) is 6.09. The maximum atomic E-state index is 12.9. The van der Waals surface area contributed by atoms with Crippen LogP contribution in [-0.4, -0.2) is 53.8 Å². The first-order chi connectivity index (χ1) is 15.0. The summed E-state index contributed by atoms with van der Waals surface area (Å²) in [5.41, 5.74) is 1.39. The molecule has 3 amide bonds. The predicted octanol–water partition coefficient (Wildman–Crippen LogP) is 4.07. The van der Waals surface area contributed by atoms with Crippen LogP contribution in [0.3, 0.4) is 0 Å². The van der Waals surface area contributed by atoms with Crippen LogP contribution in [0.25, 0.3) is 0 Å². The molecule has 0 aromatic heterocycles. The number of nitrogens with one attached hydrogen (secondary N) is 2. The molecule has 1 fully saturated rings. The van der Waals surface area contributed by atoms with Gasteiger partial charge in [0.05, 0.1) is 10.6 Å². The van der Waals surface area contributed by atoms with E-state index in [2.05, 4.69) is 10.6 Å². The van der Waals surface area contributed by atoms with Crippen LogP contribution < -0.4 is 10.6 Å². The summed E-state index contributed by atoms with van der Waals surface area (Å²) in [6.07, 6.45) is 4.45. The molecule has 0 saturated carbocycles. The van der Waals surface area contributed by atoms with Crippen molar-refractivity contribution in [1.29, 1.82) is 0 Å². The molecule has 0 spiro atoms. The minimum absolute atomic E-state index is 0.0282. The number of carbonyl (C=O) groups excluding carboxylic acids is 3. The fourth-order valence-electron chi connectivity index (χ4n) is 3.45. The summed E-state index contributed by atoms with van der Waals surface area (Å²) < 4.78 is 0. The molecule has 0 aliphatic carbocycles.